The predicted octanol–water partition coefficient (Wildman–Crippen LogP) is 6.99. The van der Waals surface area contributed by atoms with Gasteiger partial charge in [-0.2, -0.15) is 0 Å². The number of aromatic nitrogens is 3. The molecule has 5 rings (SSSR count). The van der Waals surface area contributed by atoms with Gasteiger partial charge < -0.3 is 10.1 Å². The fourth-order valence-corrected chi connectivity index (χ4v) is 5.93. The average molecular weight is 532 g/mol. The van der Waals surface area contributed by atoms with E-state index >= 15 is 0 Å². The van der Waals surface area contributed by atoms with Gasteiger partial charge in [0, 0.05) is 57.5 Å². The Labute approximate surface area is 222 Å². The van der Waals surface area contributed by atoms with Crippen LogP contribution in [-0.4, -0.2) is 27.8 Å². The van der Waals surface area contributed by atoms with Crippen LogP contribution in [0.25, 0.3) is 22.2 Å². The topological polar surface area (TPSA) is 83.8 Å². The van der Waals surface area contributed by atoms with Gasteiger partial charge >= 0.3 is 0 Å². The second kappa shape index (κ2) is 10.7. The number of nitrogens with zero attached hydrogens (tertiary/aromatic N) is 3. The van der Waals surface area contributed by atoms with E-state index in [4.69, 9.17) is 31.7 Å². The molecule has 0 radical (unpaired) electrons. The van der Waals surface area contributed by atoms with Gasteiger partial charge in [0.1, 0.15) is 23.7 Å². The van der Waals surface area contributed by atoms with Crippen molar-refractivity contribution in [2.24, 2.45) is 0 Å². The maximum Gasteiger partial charge on any atom is 0.155 e. The van der Waals surface area contributed by atoms with Gasteiger partial charge in [0.15, 0.2) is 4.34 Å². The SMILES string of the molecule is CNC(=N)c1cc(C)nc2c(OCc3c(Cl)cncc3Sc3nc(-c4ccccc4)cs3)cccc12. The average Bonchev–Trinajstić information content (AvgIpc) is 3.36. The highest BCUT2D eigenvalue weighted by atomic mass is 35.5. The van der Waals surface area contributed by atoms with Crippen LogP contribution in [0.2, 0.25) is 5.02 Å². The number of rotatable bonds is 7. The fourth-order valence-electron chi connectivity index (χ4n) is 3.77. The van der Waals surface area contributed by atoms with Crippen LogP contribution < -0.4 is 10.1 Å². The quantitative estimate of drug-likeness (QED) is 0.174. The molecule has 0 saturated heterocycles. The molecule has 180 valence electrons. The first-order valence-electron chi connectivity index (χ1n) is 11.1. The number of para-hydroxylation sites is 1. The molecule has 3 heterocycles. The Kier molecular flexibility index (Phi) is 7.18. The van der Waals surface area contributed by atoms with Gasteiger partial charge in [-0.15, -0.1) is 11.3 Å². The summed E-state index contributed by atoms with van der Waals surface area (Å²) in [7, 11) is 1.74. The highest BCUT2D eigenvalue weighted by molar-refractivity contribution is 8.01. The van der Waals surface area contributed by atoms with E-state index in [9.17, 15) is 0 Å². The number of pyridine rings is 2. The Morgan fingerprint density at radius 2 is 1.94 bits per heavy atom. The van der Waals surface area contributed by atoms with Crippen molar-refractivity contribution in [2.45, 2.75) is 22.8 Å². The molecule has 6 nitrogen and oxygen atoms in total. The van der Waals surface area contributed by atoms with Crippen LogP contribution in [0.1, 0.15) is 16.8 Å². The number of ether oxygens (including phenoxy) is 1. The van der Waals surface area contributed by atoms with Crippen LogP contribution in [0.3, 0.4) is 0 Å². The lowest BCUT2D eigenvalue weighted by atomic mass is 10.1. The third kappa shape index (κ3) is 5.06. The normalized spacial score (nSPS) is 11.0. The Balaban J connectivity index is 1.42. The number of amidine groups is 1. The summed E-state index contributed by atoms with van der Waals surface area (Å²) in [4.78, 5) is 14.7. The van der Waals surface area contributed by atoms with E-state index in [-0.39, 0.29) is 6.61 Å². The van der Waals surface area contributed by atoms with E-state index in [0.29, 0.717) is 22.1 Å². The zero-order valence-electron chi connectivity index (χ0n) is 19.6. The predicted molar refractivity (Wildman–Crippen MR) is 148 cm³/mol. The molecule has 2 N–H and O–H groups in total. The Morgan fingerprint density at radius 1 is 1.11 bits per heavy atom. The molecule has 0 aliphatic carbocycles. The fraction of sp³-hybridized carbons (Fsp3) is 0.111. The summed E-state index contributed by atoms with van der Waals surface area (Å²) in [5, 5.41) is 14.6. The van der Waals surface area contributed by atoms with Crippen LogP contribution in [0.4, 0.5) is 0 Å². The molecule has 0 aliphatic heterocycles. The molecule has 0 fully saturated rings. The van der Waals surface area contributed by atoms with Gasteiger partial charge in [-0.25, -0.2) is 9.97 Å². The molecule has 2 aromatic carbocycles. The molecule has 0 aliphatic rings. The molecule has 0 saturated carbocycles. The van der Waals surface area contributed by atoms with Crippen LogP contribution >= 0.6 is 34.7 Å². The summed E-state index contributed by atoms with van der Waals surface area (Å²) in [6.45, 7) is 2.16. The second-order valence-electron chi connectivity index (χ2n) is 7.94. The summed E-state index contributed by atoms with van der Waals surface area (Å²) in [6, 6.07) is 17.7. The monoisotopic (exact) mass is 531 g/mol. The molecular formula is C27H22ClN5OS2. The standard InChI is InChI=1S/C27H22ClN5OS2/c1-16-11-19(26(29)30-2)18-9-6-10-23(25(18)32-16)34-14-20-21(28)12-31-13-24(20)36-27-33-22(15-35-27)17-7-4-3-5-8-17/h3-13,15H,14H2,1-2H3,(H2,29,30). The van der Waals surface area contributed by atoms with Crippen molar-refractivity contribution in [2.75, 3.05) is 7.05 Å². The summed E-state index contributed by atoms with van der Waals surface area (Å²) >= 11 is 9.67. The maximum atomic E-state index is 8.27. The summed E-state index contributed by atoms with van der Waals surface area (Å²) in [5.74, 6) is 0.961. The maximum absolute atomic E-state index is 8.27. The largest absolute Gasteiger partial charge is 0.487 e. The number of thiazole rings is 1. The van der Waals surface area contributed by atoms with Crippen LogP contribution in [0.15, 0.2) is 81.6 Å². The Bertz CT molecular complexity index is 1560. The lowest BCUT2D eigenvalue weighted by Crippen LogP contribution is -2.18. The van der Waals surface area contributed by atoms with Crippen LogP contribution in [0, 0.1) is 12.3 Å². The Morgan fingerprint density at radius 3 is 2.75 bits per heavy atom. The molecule has 0 atom stereocenters. The first-order valence-corrected chi connectivity index (χ1v) is 13.2. The number of hydrogen-bond donors (Lipinski definition) is 2. The Hall–Kier alpha value is -3.46. The number of aryl methyl sites for hydroxylation is 1. The third-order valence-corrected chi connectivity index (χ3v) is 7.87. The molecule has 0 bridgehead atoms. The van der Waals surface area contributed by atoms with E-state index in [1.54, 1.807) is 30.8 Å². The van der Waals surface area contributed by atoms with Gasteiger partial charge in [-0.3, -0.25) is 10.4 Å². The smallest absolute Gasteiger partial charge is 0.155 e. The van der Waals surface area contributed by atoms with Gasteiger partial charge in [0.25, 0.3) is 0 Å². The minimum absolute atomic E-state index is 0.244. The minimum Gasteiger partial charge on any atom is -0.487 e. The zero-order chi connectivity index (χ0) is 25.1. The lowest BCUT2D eigenvalue weighted by molar-refractivity contribution is 0.306. The molecule has 5 aromatic rings. The number of nitrogens with one attached hydrogen (secondary N) is 2. The molecule has 36 heavy (non-hydrogen) atoms. The van der Waals surface area contributed by atoms with E-state index in [1.807, 2.05) is 61.5 Å². The van der Waals surface area contributed by atoms with Gasteiger partial charge in [0.2, 0.25) is 0 Å². The first kappa shape index (κ1) is 24.2. The van der Waals surface area contributed by atoms with E-state index in [1.165, 1.54) is 11.8 Å². The molecule has 0 unspecified atom stereocenters. The molecule has 0 amide bonds. The van der Waals surface area contributed by atoms with Crippen LogP contribution in [-0.2, 0) is 6.61 Å². The zero-order valence-corrected chi connectivity index (χ0v) is 22.0. The van der Waals surface area contributed by atoms with Crippen molar-refractivity contribution >= 4 is 51.4 Å². The van der Waals surface area contributed by atoms with Crippen molar-refractivity contribution in [3.05, 3.63) is 94.2 Å². The highest BCUT2D eigenvalue weighted by Crippen LogP contribution is 2.37. The van der Waals surface area contributed by atoms with E-state index in [2.05, 4.69) is 15.7 Å². The number of halogens is 1. The van der Waals surface area contributed by atoms with Crippen molar-refractivity contribution < 1.29 is 4.74 Å². The number of hydrogen-bond acceptors (Lipinski definition) is 7. The molecular weight excluding hydrogens is 510 g/mol. The van der Waals surface area contributed by atoms with Crippen molar-refractivity contribution in [3.63, 3.8) is 0 Å². The number of fused-ring (bicyclic) bond motifs is 1. The molecule has 0 spiro atoms. The minimum atomic E-state index is 0.244. The van der Waals surface area contributed by atoms with Crippen molar-refractivity contribution in [1.82, 2.24) is 20.3 Å². The number of benzene rings is 2. The lowest BCUT2D eigenvalue weighted by Gasteiger charge is -2.14. The molecule has 3 aromatic heterocycles. The third-order valence-electron chi connectivity index (χ3n) is 5.54. The van der Waals surface area contributed by atoms with Crippen molar-refractivity contribution in [3.8, 4) is 17.0 Å². The van der Waals surface area contributed by atoms with Crippen molar-refractivity contribution in [1.29, 1.82) is 5.41 Å². The van der Waals surface area contributed by atoms with E-state index in [0.717, 1.165) is 42.7 Å². The second-order valence-corrected chi connectivity index (χ2v) is 10.5. The summed E-state index contributed by atoms with van der Waals surface area (Å²) in [6.07, 6.45) is 3.41. The van der Waals surface area contributed by atoms with Gasteiger partial charge in [0.05, 0.1) is 10.7 Å². The van der Waals surface area contributed by atoms with Gasteiger partial charge in [-0.1, -0.05) is 65.8 Å². The van der Waals surface area contributed by atoms with Crippen LogP contribution in [0.5, 0.6) is 5.75 Å². The first-order chi connectivity index (χ1) is 17.5. The molecule has 9 heteroatoms. The van der Waals surface area contributed by atoms with Gasteiger partial charge in [-0.05, 0) is 19.1 Å². The van der Waals surface area contributed by atoms with E-state index < -0.39 is 0 Å². The highest BCUT2D eigenvalue weighted by Gasteiger charge is 2.16. The summed E-state index contributed by atoms with van der Waals surface area (Å²) in [5.41, 5.74) is 5.15. The summed E-state index contributed by atoms with van der Waals surface area (Å²) < 4.78 is 7.17.